The predicted molar refractivity (Wildman–Crippen MR) is 58.1 cm³/mol. The monoisotopic (exact) mass is 260 g/mol. The molecule has 0 aromatic rings. The van der Waals surface area contributed by atoms with Crippen molar-refractivity contribution in [1.29, 1.82) is 0 Å². The molecule has 8 heteroatoms. The first-order valence-electron chi connectivity index (χ1n) is 4.51. The summed E-state index contributed by atoms with van der Waals surface area (Å²) in [7, 11) is 0. The summed E-state index contributed by atoms with van der Waals surface area (Å²) in [5.74, 6) is -4.91. The SMILES string of the molecule is CC/C(=C\C(=O)O)C(=O)O.O=C(O)/C=C/C(=O)O. The van der Waals surface area contributed by atoms with Crippen LogP contribution in [-0.4, -0.2) is 44.3 Å². The minimum atomic E-state index is -1.26. The van der Waals surface area contributed by atoms with Crippen LogP contribution in [0.1, 0.15) is 13.3 Å². The van der Waals surface area contributed by atoms with Gasteiger partial charge in [0.05, 0.1) is 0 Å². The van der Waals surface area contributed by atoms with E-state index in [1.807, 2.05) is 0 Å². The van der Waals surface area contributed by atoms with Crippen molar-refractivity contribution in [2.45, 2.75) is 13.3 Å². The molecular formula is C10H12O8. The summed E-state index contributed by atoms with van der Waals surface area (Å²) in [5.41, 5.74) is -0.0903. The minimum Gasteiger partial charge on any atom is -0.478 e. The molecule has 0 aromatic heterocycles. The molecule has 0 atom stereocenters. The van der Waals surface area contributed by atoms with Gasteiger partial charge in [0.1, 0.15) is 0 Å². The lowest BCUT2D eigenvalue weighted by Crippen LogP contribution is -2.02. The number of carbonyl (C=O) groups is 4. The van der Waals surface area contributed by atoms with Gasteiger partial charge in [-0.05, 0) is 6.42 Å². The zero-order valence-corrected chi connectivity index (χ0v) is 9.36. The first-order chi connectivity index (χ1) is 8.20. The Balaban J connectivity index is 0. The van der Waals surface area contributed by atoms with E-state index in [2.05, 4.69) is 0 Å². The maximum atomic E-state index is 10.1. The molecule has 0 bridgehead atoms. The van der Waals surface area contributed by atoms with Gasteiger partial charge < -0.3 is 20.4 Å². The van der Waals surface area contributed by atoms with Crippen LogP contribution in [0.2, 0.25) is 0 Å². The molecule has 100 valence electrons. The smallest absolute Gasteiger partial charge is 0.331 e. The molecule has 0 aliphatic carbocycles. The number of aliphatic carboxylic acids is 4. The van der Waals surface area contributed by atoms with Gasteiger partial charge in [0.15, 0.2) is 0 Å². The van der Waals surface area contributed by atoms with Gasteiger partial charge in [-0.3, -0.25) is 0 Å². The molecule has 0 aromatic carbocycles. The van der Waals surface area contributed by atoms with E-state index in [-0.39, 0.29) is 12.0 Å². The molecule has 8 nitrogen and oxygen atoms in total. The van der Waals surface area contributed by atoms with Crippen LogP contribution in [0, 0.1) is 0 Å². The van der Waals surface area contributed by atoms with Crippen molar-refractivity contribution in [3.05, 3.63) is 23.8 Å². The maximum Gasteiger partial charge on any atom is 0.331 e. The number of rotatable bonds is 5. The second kappa shape index (κ2) is 9.58. The summed E-state index contributed by atoms with van der Waals surface area (Å²) in [6.45, 7) is 1.59. The van der Waals surface area contributed by atoms with E-state index >= 15 is 0 Å². The van der Waals surface area contributed by atoms with Crippen LogP contribution in [0.4, 0.5) is 0 Å². The normalized spacial score (nSPS) is 10.4. The van der Waals surface area contributed by atoms with Crippen LogP contribution < -0.4 is 0 Å². The summed E-state index contributed by atoms with van der Waals surface area (Å²) < 4.78 is 0. The fourth-order valence-corrected chi connectivity index (χ4v) is 0.607. The van der Waals surface area contributed by atoms with E-state index in [0.29, 0.717) is 18.2 Å². The zero-order valence-electron chi connectivity index (χ0n) is 9.36. The standard InChI is InChI=1S/C6H8O4.C4H4O4/c1-2-4(6(9)10)3-5(7)8;5-3(6)1-2-4(7)8/h3H,2H2,1H3,(H,7,8)(H,9,10);1-2H,(H,5,6)(H,7,8)/b4-3+;2-1+. The molecule has 0 unspecified atom stereocenters. The molecule has 0 saturated heterocycles. The second-order valence-electron chi connectivity index (χ2n) is 2.68. The molecule has 0 fully saturated rings. The number of carboxylic acid groups (broad SMARTS) is 4. The average molecular weight is 260 g/mol. The molecule has 0 rings (SSSR count). The highest BCUT2D eigenvalue weighted by Crippen LogP contribution is 1.98. The fourth-order valence-electron chi connectivity index (χ4n) is 0.607. The third kappa shape index (κ3) is 13.4. The summed E-state index contributed by atoms with van der Waals surface area (Å²) in [6, 6.07) is 0. The fraction of sp³-hybridized carbons (Fsp3) is 0.200. The van der Waals surface area contributed by atoms with Gasteiger partial charge in [0.25, 0.3) is 0 Å². The molecule has 0 saturated carbocycles. The Labute approximate surface area is 101 Å². The van der Waals surface area contributed by atoms with Crippen LogP contribution in [0.3, 0.4) is 0 Å². The van der Waals surface area contributed by atoms with Crippen LogP contribution in [0.5, 0.6) is 0 Å². The lowest BCUT2D eigenvalue weighted by molar-refractivity contribution is -0.135. The van der Waals surface area contributed by atoms with Crippen molar-refractivity contribution >= 4 is 23.9 Å². The topological polar surface area (TPSA) is 149 Å². The number of carboxylic acids is 4. The Kier molecular flexibility index (Phi) is 9.44. The average Bonchev–Trinajstić information content (AvgIpc) is 2.23. The zero-order chi connectivity index (χ0) is 14.7. The van der Waals surface area contributed by atoms with Gasteiger partial charge in [0, 0.05) is 23.8 Å². The molecular weight excluding hydrogens is 248 g/mol. The van der Waals surface area contributed by atoms with E-state index in [1.165, 1.54) is 0 Å². The molecule has 0 aliphatic rings. The Hall–Kier alpha value is -2.64. The minimum absolute atomic E-state index is 0.0903. The van der Waals surface area contributed by atoms with E-state index in [1.54, 1.807) is 6.92 Å². The summed E-state index contributed by atoms with van der Waals surface area (Å²) >= 11 is 0. The summed E-state index contributed by atoms with van der Waals surface area (Å²) in [4.78, 5) is 39.2. The van der Waals surface area contributed by atoms with Gasteiger partial charge >= 0.3 is 23.9 Å². The van der Waals surface area contributed by atoms with Gasteiger partial charge in [-0.15, -0.1) is 0 Å². The third-order valence-corrected chi connectivity index (χ3v) is 1.32. The molecule has 0 radical (unpaired) electrons. The molecule has 0 aliphatic heterocycles. The number of hydrogen-bond donors (Lipinski definition) is 4. The lowest BCUT2D eigenvalue weighted by Gasteiger charge is -1.92. The molecule has 0 heterocycles. The molecule has 0 amide bonds. The maximum absolute atomic E-state index is 10.1. The molecule has 4 N–H and O–H groups in total. The highest BCUT2D eigenvalue weighted by Gasteiger charge is 2.05. The lowest BCUT2D eigenvalue weighted by atomic mass is 10.2. The van der Waals surface area contributed by atoms with E-state index < -0.39 is 23.9 Å². The highest BCUT2D eigenvalue weighted by molar-refractivity contribution is 5.94. The predicted octanol–water partition coefficient (Wildman–Crippen LogP) is 0.204. The van der Waals surface area contributed by atoms with E-state index in [4.69, 9.17) is 20.4 Å². The van der Waals surface area contributed by atoms with Gasteiger partial charge in [0.2, 0.25) is 0 Å². The van der Waals surface area contributed by atoms with Crippen molar-refractivity contribution < 1.29 is 39.6 Å². The summed E-state index contributed by atoms with van der Waals surface area (Å²) in [6.07, 6.45) is 2.04. The second-order valence-corrected chi connectivity index (χ2v) is 2.68. The Morgan fingerprint density at radius 1 is 0.833 bits per heavy atom. The van der Waals surface area contributed by atoms with Crippen LogP contribution in [0.25, 0.3) is 0 Å². The van der Waals surface area contributed by atoms with Crippen molar-refractivity contribution in [2.75, 3.05) is 0 Å². The van der Waals surface area contributed by atoms with E-state index in [0.717, 1.165) is 0 Å². The van der Waals surface area contributed by atoms with Crippen molar-refractivity contribution in [2.24, 2.45) is 0 Å². The van der Waals surface area contributed by atoms with Crippen molar-refractivity contribution in [3.63, 3.8) is 0 Å². The quantitative estimate of drug-likeness (QED) is 0.512. The third-order valence-electron chi connectivity index (χ3n) is 1.32. The summed E-state index contributed by atoms with van der Waals surface area (Å²) in [5, 5.41) is 32.0. The Morgan fingerprint density at radius 2 is 1.22 bits per heavy atom. The van der Waals surface area contributed by atoms with E-state index in [9.17, 15) is 19.2 Å². The number of hydrogen-bond acceptors (Lipinski definition) is 4. The van der Waals surface area contributed by atoms with Gasteiger partial charge in [-0.25, -0.2) is 19.2 Å². The van der Waals surface area contributed by atoms with Crippen LogP contribution in [-0.2, 0) is 19.2 Å². The van der Waals surface area contributed by atoms with Crippen LogP contribution >= 0.6 is 0 Å². The molecule has 18 heavy (non-hydrogen) atoms. The van der Waals surface area contributed by atoms with Crippen LogP contribution in [0.15, 0.2) is 23.8 Å². The van der Waals surface area contributed by atoms with Crippen molar-refractivity contribution in [3.8, 4) is 0 Å². The first-order valence-corrected chi connectivity index (χ1v) is 4.51. The van der Waals surface area contributed by atoms with Gasteiger partial charge in [-0.1, -0.05) is 6.92 Å². The highest BCUT2D eigenvalue weighted by atomic mass is 16.4. The van der Waals surface area contributed by atoms with Crippen molar-refractivity contribution in [1.82, 2.24) is 0 Å². The Bertz CT molecular complexity index is 375. The van der Waals surface area contributed by atoms with Gasteiger partial charge in [-0.2, -0.15) is 0 Å². The largest absolute Gasteiger partial charge is 0.478 e. The Morgan fingerprint density at radius 3 is 1.33 bits per heavy atom. The molecule has 0 spiro atoms. The first kappa shape index (κ1) is 17.7.